The number of aliphatic hydroxyl groups is 1. The minimum Gasteiger partial charge on any atom is -0.396 e. The molecule has 0 aliphatic rings. The number of hydrogen-bond acceptors (Lipinski definition) is 3. The highest BCUT2D eigenvalue weighted by molar-refractivity contribution is 5.81. The summed E-state index contributed by atoms with van der Waals surface area (Å²) in [7, 11) is 0. The predicted molar refractivity (Wildman–Crippen MR) is 70.8 cm³/mol. The zero-order valence-corrected chi connectivity index (χ0v) is 11.8. The molecule has 0 aliphatic carbocycles. The second-order valence-corrected chi connectivity index (χ2v) is 5.47. The number of amides is 1. The van der Waals surface area contributed by atoms with Gasteiger partial charge in [-0.3, -0.25) is 4.79 Å². The maximum atomic E-state index is 11.9. The molecule has 0 aromatic rings. The van der Waals surface area contributed by atoms with E-state index in [9.17, 15) is 4.79 Å². The predicted octanol–water partition coefficient (Wildman–Crippen LogP) is 1.29. The third kappa shape index (κ3) is 7.34. The van der Waals surface area contributed by atoms with Gasteiger partial charge in [-0.15, -0.1) is 0 Å². The van der Waals surface area contributed by atoms with Crippen molar-refractivity contribution in [1.29, 1.82) is 0 Å². The molecule has 0 aliphatic heterocycles. The summed E-state index contributed by atoms with van der Waals surface area (Å²) in [4.78, 5) is 11.9. The van der Waals surface area contributed by atoms with Crippen molar-refractivity contribution in [3.05, 3.63) is 0 Å². The van der Waals surface area contributed by atoms with Crippen molar-refractivity contribution in [3.8, 4) is 0 Å². The minimum absolute atomic E-state index is 0.0352. The van der Waals surface area contributed by atoms with Crippen LogP contribution in [0, 0.1) is 5.92 Å². The van der Waals surface area contributed by atoms with Gasteiger partial charge >= 0.3 is 0 Å². The highest BCUT2D eigenvalue weighted by atomic mass is 16.3. The topological polar surface area (TPSA) is 61.4 Å². The third-order valence-electron chi connectivity index (χ3n) is 3.13. The summed E-state index contributed by atoms with van der Waals surface area (Å²) in [6.07, 6.45) is 1.67. The van der Waals surface area contributed by atoms with Gasteiger partial charge in [0, 0.05) is 12.1 Å². The van der Waals surface area contributed by atoms with Crippen molar-refractivity contribution >= 4 is 5.91 Å². The highest BCUT2D eigenvalue weighted by Gasteiger charge is 2.21. The Morgan fingerprint density at radius 3 is 2.41 bits per heavy atom. The van der Waals surface area contributed by atoms with Crippen LogP contribution < -0.4 is 10.6 Å². The van der Waals surface area contributed by atoms with Gasteiger partial charge in [0.25, 0.3) is 0 Å². The van der Waals surface area contributed by atoms with Gasteiger partial charge in [0.1, 0.15) is 0 Å². The maximum Gasteiger partial charge on any atom is 0.237 e. The van der Waals surface area contributed by atoms with Crippen LogP contribution >= 0.6 is 0 Å². The summed E-state index contributed by atoms with van der Waals surface area (Å²) >= 11 is 0. The zero-order chi connectivity index (χ0) is 13.5. The summed E-state index contributed by atoms with van der Waals surface area (Å²) < 4.78 is 0. The molecule has 0 heterocycles. The molecule has 0 bridgehead atoms. The lowest BCUT2D eigenvalue weighted by Gasteiger charge is -2.27. The van der Waals surface area contributed by atoms with Crippen LogP contribution in [-0.4, -0.2) is 35.7 Å². The van der Waals surface area contributed by atoms with Crippen molar-refractivity contribution in [2.75, 3.05) is 13.2 Å². The highest BCUT2D eigenvalue weighted by Crippen LogP contribution is 2.07. The Morgan fingerprint density at radius 2 is 1.94 bits per heavy atom. The molecule has 0 fully saturated rings. The average molecular weight is 244 g/mol. The Hall–Kier alpha value is -0.610. The van der Waals surface area contributed by atoms with Crippen molar-refractivity contribution < 1.29 is 9.90 Å². The lowest BCUT2D eigenvalue weighted by molar-refractivity contribution is -0.124. The van der Waals surface area contributed by atoms with E-state index >= 15 is 0 Å². The molecule has 2 atom stereocenters. The molecule has 17 heavy (non-hydrogen) atoms. The number of carbonyl (C=O) groups is 1. The van der Waals surface area contributed by atoms with E-state index in [4.69, 9.17) is 5.11 Å². The van der Waals surface area contributed by atoms with Gasteiger partial charge in [0.15, 0.2) is 0 Å². The van der Waals surface area contributed by atoms with Crippen LogP contribution in [0.2, 0.25) is 0 Å². The van der Waals surface area contributed by atoms with E-state index in [0.29, 0.717) is 5.92 Å². The molecule has 0 saturated heterocycles. The number of rotatable bonds is 8. The van der Waals surface area contributed by atoms with Gasteiger partial charge in [-0.25, -0.2) is 0 Å². The Bertz CT molecular complexity index is 229. The fraction of sp³-hybridized carbons (Fsp3) is 0.923. The molecular weight excluding hydrogens is 216 g/mol. The molecule has 0 aromatic heterocycles. The lowest BCUT2D eigenvalue weighted by Crippen LogP contribution is -2.51. The maximum absolute atomic E-state index is 11.9. The number of carbonyl (C=O) groups excluding carboxylic acids is 1. The Morgan fingerprint density at radius 1 is 1.35 bits per heavy atom. The van der Waals surface area contributed by atoms with E-state index in [1.54, 1.807) is 0 Å². The first kappa shape index (κ1) is 16.4. The summed E-state index contributed by atoms with van der Waals surface area (Å²) in [5.74, 6) is 0.419. The van der Waals surface area contributed by atoms with Crippen LogP contribution in [0.3, 0.4) is 0 Å². The standard InChI is InChI=1S/C13H28N2O2/c1-6-13(4,5)15-12(17)11(3)14-9-10(2)7-8-16/h10-11,14,16H,6-9H2,1-5H3,(H,15,17). The quantitative estimate of drug-likeness (QED) is 0.603. The monoisotopic (exact) mass is 244 g/mol. The van der Waals surface area contributed by atoms with Crippen LogP contribution in [0.15, 0.2) is 0 Å². The summed E-state index contributed by atoms with van der Waals surface area (Å²) in [6.45, 7) is 11.0. The molecular formula is C13H28N2O2. The van der Waals surface area contributed by atoms with E-state index in [2.05, 4.69) is 24.5 Å². The summed E-state index contributed by atoms with van der Waals surface area (Å²) in [6, 6.07) is -0.193. The molecule has 0 radical (unpaired) electrons. The average Bonchev–Trinajstić information content (AvgIpc) is 2.25. The molecule has 0 rings (SSSR count). The van der Waals surface area contributed by atoms with Crippen molar-refractivity contribution in [2.24, 2.45) is 5.92 Å². The summed E-state index contributed by atoms with van der Waals surface area (Å²) in [5.41, 5.74) is -0.149. The van der Waals surface area contributed by atoms with Crippen LogP contribution in [0.1, 0.15) is 47.5 Å². The fourth-order valence-electron chi connectivity index (χ4n) is 1.32. The molecule has 0 spiro atoms. The Balaban J connectivity index is 3.98. The molecule has 1 amide bonds. The van der Waals surface area contributed by atoms with Crippen molar-refractivity contribution in [3.63, 3.8) is 0 Å². The van der Waals surface area contributed by atoms with Crippen molar-refractivity contribution in [1.82, 2.24) is 10.6 Å². The van der Waals surface area contributed by atoms with E-state index in [1.807, 2.05) is 20.8 Å². The van der Waals surface area contributed by atoms with Crippen molar-refractivity contribution in [2.45, 2.75) is 59.0 Å². The first-order valence-corrected chi connectivity index (χ1v) is 6.48. The smallest absolute Gasteiger partial charge is 0.237 e. The number of nitrogens with one attached hydrogen (secondary N) is 2. The molecule has 4 heteroatoms. The number of hydrogen-bond donors (Lipinski definition) is 3. The second-order valence-electron chi connectivity index (χ2n) is 5.47. The Kier molecular flexibility index (Phi) is 7.39. The first-order chi connectivity index (χ1) is 7.82. The second kappa shape index (κ2) is 7.67. The van der Waals surface area contributed by atoms with E-state index in [0.717, 1.165) is 19.4 Å². The zero-order valence-electron chi connectivity index (χ0n) is 11.8. The fourth-order valence-corrected chi connectivity index (χ4v) is 1.32. The van der Waals surface area contributed by atoms with Gasteiger partial charge < -0.3 is 15.7 Å². The largest absolute Gasteiger partial charge is 0.396 e. The van der Waals surface area contributed by atoms with Gasteiger partial charge in [-0.1, -0.05) is 13.8 Å². The Labute approximate surface area is 105 Å². The van der Waals surface area contributed by atoms with E-state index in [-0.39, 0.29) is 24.1 Å². The molecule has 3 N–H and O–H groups in total. The molecule has 102 valence electrons. The molecule has 2 unspecified atom stereocenters. The van der Waals surface area contributed by atoms with Crippen LogP contribution in [0.25, 0.3) is 0 Å². The normalized spacial score (nSPS) is 15.4. The van der Waals surface area contributed by atoms with Gasteiger partial charge in [-0.2, -0.15) is 0 Å². The van der Waals surface area contributed by atoms with Gasteiger partial charge in [0.05, 0.1) is 6.04 Å². The number of aliphatic hydroxyl groups excluding tert-OH is 1. The third-order valence-corrected chi connectivity index (χ3v) is 3.13. The van der Waals surface area contributed by atoms with Gasteiger partial charge in [-0.05, 0) is 46.1 Å². The van der Waals surface area contributed by atoms with Crippen LogP contribution in [-0.2, 0) is 4.79 Å². The van der Waals surface area contributed by atoms with E-state index < -0.39 is 0 Å². The van der Waals surface area contributed by atoms with E-state index in [1.165, 1.54) is 0 Å². The lowest BCUT2D eigenvalue weighted by atomic mass is 10.0. The summed E-state index contributed by atoms with van der Waals surface area (Å²) in [5, 5.41) is 15.0. The van der Waals surface area contributed by atoms with Crippen LogP contribution in [0.4, 0.5) is 0 Å². The first-order valence-electron chi connectivity index (χ1n) is 6.48. The minimum atomic E-state index is -0.193. The molecule has 0 saturated carbocycles. The molecule has 4 nitrogen and oxygen atoms in total. The molecule has 0 aromatic carbocycles. The van der Waals surface area contributed by atoms with Gasteiger partial charge in [0.2, 0.25) is 5.91 Å². The SMILES string of the molecule is CCC(C)(C)NC(=O)C(C)NCC(C)CCO. The van der Waals surface area contributed by atoms with Crippen LogP contribution in [0.5, 0.6) is 0 Å².